The molecule has 6 heteroatoms. The Bertz CT molecular complexity index is 1170. The van der Waals surface area contributed by atoms with Gasteiger partial charge in [0.1, 0.15) is 5.82 Å². The van der Waals surface area contributed by atoms with Crippen molar-refractivity contribution in [1.82, 2.24) is 14.5 Å². The molecule has 32 heavy (non-hydrogen) atoms. The van der Waals surface area contributed by atoms with Gasteiger partial charge in [0.05, 0.1) is 17.0 Å². The van der Waals surface area contributed by atoms with Crippen molar-refractivity contribution in [3.8, 4) is 11.1 Å². The van der Waals surface area contributed by atoms with Crippen molar-refractivity contribution in [1.29, 1.82) is 0 Å². The molecule has 1 N–H and O–H groups in total. The molecule has 0 aliphatic heterocycles. The fraction of sp³-hybridized carbons (Fsp3) is 0.423. The van der Waals surface area contributed by atoms with Crippen molar-refractivity contribution in [3.63, 3.8) is 0 Å². The zero-order valence-corrected chi connectivity index (χ0v) is 19.4. The number of fused-ring (bicyclic) bond motifs is 1. The third-order valence-corrected chi connectivity index (χ3v) is 7.32. The minimum absolute atomic E-state index is 0.00692. The molecule has 0 radical (unpaired) electrons. The second-order valence-electron chi connectivity index (χ2n) is 9.25. The van der Waals surface area contributed by atoms with Crippen LogP contribution in [0.15, 0.2) is 42.5 Å². The molecular weight excluding hydrogens is 402 g/mol. The molecule has 0 saturated heterocycles. The molecule has 1 aliphatic rings. The standard InChI is InChI=1S/C26H31N3O3/c1-15-12-21(29(5)17(3)30)14-22(25(15)26(31)32)19-8-6-18(7-9-19)20-10-11-24-23(13-20)27-16(2)28(24)4/h6-11,13,15,21-22,25H,12,14H2,1-5H3,(H,31,32)/t15-,21+,22-,25?/m0/s1. The molecule has 1 aromatic heterocycles. The van der Waals surface area contributed by atoms with Gasteiger partial charge in [0.15, 0.2) is 0 Å². The third kappa shape index (κ3) is 3.90. The van der Waals surface area contributed by atoms with Gasteiger partial charge in [-0.15, -0.1) is 0 Å². The Labute approximate surface area is 188 Å². The molecule has 1 heterocycles. The van der Waals surface area contributed by atoms with Gasteiger partial charge in [0, 0.05) is 27.1 Å². The van der Waals surface area contributed by atoms with Gasteiger partial charge >= 0.3 is 5.97 Å². The van der Waals surface area contributed by atoms with E-state index in [0.717, 1.165) is 33.5 Å². The highest BCUT2D eigenvalue weighted by Gasteiger charge is 2.42. The van der Waals surface area contributed by atoms with E-state index in [4.69, 9.17) is 0 Å². The third-order valence-electron chi connectivity index (χ3n) is 7.32. The van der Waals surface area contributed by atoms with Crippen molar-refractivity contribution in [3.05, 3.63) is 53.9 Å². The minimum atomic E-state index is -0.758. The first kappa shape index (κ1) is 22.1. The van der Waals surface area contributed by atoms with Gasteiger partial charge in [-0.3, -0.25) is 9.59 Å². The maximum Gasteiger partial charge on any atom is 0.307 e. The molecule has 6 nitrogen and oxygen atoms in total. The van der Waals surface area contributed by atoms with Gasteiger partial charge in [0.2, 0.25) is 5.91 Å². The number of amides is 1. The second kappa shape index (κ2) is 8.41. The average molecular weight is 434 g/mol. The summed E-state index contributed by atoms with van der Waals surface area (Å²) < 4.78 is 2.08. The first-order chi connectivity index (χ1) is 15.2. The summed E-state index contributed by atoms with van der Waals surface area (Å²) in [7, 11) is 3.83. The van der Waals surface area contributed by atoms with Crippen LogP contribution in [0.1, 0.15) is 44.0 Å². The Kier molecular flexibility index (Phi) is 5.80. The van der Waals surface area contributed by atoms with Gasteiger partial charge in [-0.25, -0.2) is 4.98 Å². The molecule has 168 valence electrons. The lowest BCUT2D eigenvalue weighted by atomic mass is 9.68. The van der Waals surface area contributed by atoms with Crippen LogP contribution in [0.25, 0.3) is 22.2 Å². The molecule has 1 fully saturated rings. The molecule has 3 aromatic rings. The molecule has 4 rings (SSSR count). The summed E-state index contributed by atoms with van der Waals surface area (Å²) in [4.78, 5) is 30.4. The van der Waals surface area contributed by atoms with E-state index in [9.17, 15) is 14.7 Å². The second-order valence-corrected chi connectivity index (χ2v) is 9.25. The molecule has 1 saturated carbocycles. The fourth-order valence-electron chi connectivity index (χ4n) is 5.26. The highest BCUT2D eigenvalue weighted by Crippen LogP contribution is 2.43. The highest BCUT2D eigenvalue weighted by atomic mass is 16.4. The molecule has 0 bridgehead atoms. The summed E-state index contributed by atoms with van der Waals surface area (Å²) in [6.07, 6.45) is 1.38. The van der Waals surface area contributed by atoms with Crippen LogP contribution in [0.2, 0.25) is 0 Å². The summed E-state index contributed by atoms with van der Waals surface area (Å²) in [5, 5.41) is 9.94. The summed E-state index contributed by atoms with van der Waals surface area (Å²) in [5.74, 6) is -0.351. The maximum absolute atomic E-state index is 12.1. The van der Waals surface area contributed by atoms with E-state index < -0.39 is 11.9 Å². The largest absolute Gasteiger partial charge is 0.481 e. The molecule has 1 unspecified atom stereocenters. The lowest BCUT2D eigenvalue weighted by Crippen LogP contribution is -2.45. The number of carbonyl (C=O) groups is 2. The Balaban J connectivity index is 1.65. The van der Waals surface area contributed by atoms with E-state index in [1.54, 1.807) is 11.8 Å². The van der Waals surface area contributed by atoms with E-state index >= 15 is 0 Å². The fourth-order valence-corrected chi connectivity index (χ4v) is 5.26. The zero-order valence-electron chi connectivity index (χ0n) is 19.4. The maximum atomic E-state index is 12.1. The number of carbonyl (C=O) groups excluding carboxylic acids is 1. The van der Waals surface area contributed by atoms with Crippen molar-refractivity contribution in [2.24, 2.45) is 18.9 Å². The molecule has 2 aromatic carbocycles. The van der Waals surface area contributed by atoms with Crippen LogP contribution >= 0.6 is 0 Å². The number of hydrogen-bond donors (Lipinski definition) is 1. The number of benzene rings is 2. The normalized spacial score (nSPS) is 23.3. The van der Waals surface area contributed by atoms with Crippen LogP contribution in [-0.2, 0) is 16.6 Å². The number of rotatable bonds is 4. The predicted octanol–water partition coefficient (Wildman–Crippen LogP) is 4.61. The predicted molar refractivity (Wildman–Crippen MR) is 125 cm³/mol. The number of nitrogens with zero attached hydrogens (tertiary/aromatic N) is 3. The van der Waals surface area contributed by atoms with Crippen LogP contribution in [-0.4, -0.2) is 44.5 Å². The number of aliphatic carboxylic acids is 1. The molecule has 0 spiro atoms. The van der Waals surface area contributed by atoms with Gasteiger partial charge in [-0.1, -0.05) is 37.3 Å². The Morgan fingerprint density at radius 1 is 1.09 bits per heavy atom. The number of carboxylic acids is 1. The monoisotopic (exact) mass is 433 g/mol. The summed E-state index contributed by atoms with van der Waals surface area (Å²) >= 11 is 0. The quantitative estimate of drug-likeness (QED) is 0.652. The van der Waals surface area contributed by atoms with E-state index in [1.165, 1.54) is 0 Å². The van der Waals surface area contributed by atoms with Gasteiger partial charge in [-0.2, -0.15) is 0 Å². The smallest absolute Gasteiger partial charge is 0.307 e. The van der Waals surface area contributed by atoms with Gasteiger partial charge < -0.3 is 14.6 Å². The first-order valence-electron chi connectivity index (χ1n) is 11.2. The molecular formula is C26H31N3O3. The summed E-state index contributed by atoms with van der Waals surface area (Å²) in [6, 6.07) is 14.6. The zero-order chi connectivity index (χ0) is 23.2. The average Bonchev–Trinajstić information content (AvgIpc) is 3.05. The van der Waals surface area contributed by atoms with E-state index in [1.807, 2.05) is 40.1 Å². The Morgan fingerprint density at radius 3 is 2.38 bits per heavy atom. The van der Waals surface area contributed by atoms with Gasteiger partial charge in [-0.05, 0) is 60.4 Å². The number of imidazole rings is 1. The lowest BCUT2D eigenvalue weighted by molar-refractivity contribution is -0.146. The van der Waals surface area contributed by atoms with Crippen molar-refractivity contribution < 1.29 is 14.7 Å². The van der Waals surface area contributed by atoms with E-state index in [0.29, 0.717) is 12.8 Å². The number of aryl methyl sites for hydroxylation is 2. The van der Waals surface area contributed by atoms with E-state index in [2.05, 4.69) is 39.9 Å². The van der Waals surface area contributed by atoms with Gasteiger partial charge in [0.25, 0.3) is 0 Å². The van der Waals surface area contributed by atoms with Crippen LogP contribution in [0.4, 0.5) is 0 Å². The number of hydrogen-bond acceptors (Lipinski definition) is 3. The SMILES string of the molecule is CC(=O)N(C)[C@@H]1C[C@H](C)C(C(=O)O)[C@H](c2ccc(-c3ccc4c(c3)nc(C)n4C)cc2)C1. The summed E-state index contributed by atoms with van der Waals surface area (Å²) in [6.45, 7) is 5.55. The molecule has 4 atom stereocenters. The van der Waals surface area contributed by atoms with Crippen LogP contribution in [0, 0.1) is 18.8 Å². The minimum Gasteiger partial charge on any atom is -0.481 e. The first-order valence-corrected chi connectivity index (χ1v) is 11.2. The molecule has 1 amide bonds. The summed E-state index contributed by atoms with van der Waals surface area (Å²) in [5.41, 5.74) is 5.25. The Morgan fingerprint density at radius 2 is 1.75 bits per heavy atom. The van der Waals surface area contributed by atoms with Crippen molar-refractivity contribution in [2.45, 2.75) is 45.6 Å². The number of carboxylic acid groups (broad SMARTS) is 1. The van der Waals surface area contributed by atoms with Crippen molar-refractivity contribution >= 4 is 22.9 Å². The van der Waals surface area contributed by atoms with Crippen LogP contribution in [0.5, 0.6) is 0 Å². The highest BCUT2D eigenvalue weighted by molar-refractivity contribution is 5.82. The van der Waals surface area contributed by atoms with Crippen LogP contribution in [0.3, 0.4) is 0 Å². The van der Waals surface area contributed by atoms with Crippen LogP contribution < -0.4 is 0 Å². The Hall–Kier alpha value is -3.15. The number of aromatic nitrogens is 2. The topological polar surface area (TPSA) is 75.4 Å². The molecule has 1 aliphatic carbocycles. The van der Waals surface area contributed by atoms with Crippen molar-refractivity contribution in [2.75, 3.05) is 7.05 Å². The lowest BCUT2D eigenvalue weighted by Gasteiger charge is -2.42. The van der Waals surface area contributed by atoms with E-state index in [-0.39, 0.29) is 23.8 Å².